The molecule has 12 heteroatoms. The van der Waals surface area contributed by atoms with Crippen LogP contribution in [-0.2, 0) is 24.9 Å². The molecule has 0 aliphatic carbocycles. The summed E-state index contributed by atoms with van der Waals surface area (Å²) in [5, 5.41) is 2.50. The zero-order valence-corrected chi connectivity index (χ0v) is 17.7. The normalized spacial score (nSPS) is 12.4. The first-order valence-electron chi connectivity index (χ1n) is 8.08. The van der Waals surface area contributed by atoms with Gasteiger partial charge in [-0.2, -0.15) is 0 Å². The molecule has 0 radical (unpaired) electrons. The summed E-state index contributed by atoms with van der Waals surface area (Å²) in [7, 11) is -2.97. The van der Waals surface area contributed by atoms with Gasteiger partial charge in [-0.15, -0.1) is 0 Å². The molecule has 0 spiro atoms. The van der Waals surface area contributed by atoms with Crippen LogP contribution in [0.15, 0.2) is 52.3 Å². The molecule has 0 saturated carbocycles. The van der Waals surface area contributed by atoms with Gasteiger partial charge in [-0.25, -0.2) is 25.5 Å². The Kier molecular flexibility index (Phi) is 6.75. The predicted octanol–water partition coefficient (Wildman–Crippen LogP) is 1.51. The summed E-state index contributed by atoms with van der Waals surface area (Å²) in [6.45, 7) is 0. The van der Waals surface area contributed by atoms with E-state index in [1.54, 1.807) is 0 Å². The molecule has 0 heterocycles. The molecule has 9 nitrogen and oxygen atoms in total. The molecule has 1 amide bonds. The van der Waals surface area contributed by atoms with Crippen LogP contribution < -0.4 is 5.32 Å². The number of hydroxylamine groups is 1. The van der Waals surface area contributed by atoms with E-state index in [0.29, 0.717) is 4.47 Å². The quantitative estimate of drug-likeness (QED) is 0.647. The molecule has 0 aliphatic heterocycles. The Labute approximate surface area is 168 Å². The first kappa shape index (κ1) is 22.9. The SMILES string of the molecule is CON(C)S(=O)(=O)c1ccc(NC(=O)c2ccc(F)c(S(=O)(=O)N(C)C)c2)cc1. The molecular weight excluding hydrogens is 425 g/mol. The van der Waals surface area contributed by atoms with Crippen LogP contribution in [0.1, 0.15) is 10.4 Å². The Morgan fingerprint density at radius 1 is 0.966 bits per heavy atom. The number of amides is 1. The molecule has 2 rings (SSSR count). The number of carbonyl (C=O) groups excluding carboxylic acids is 1. The molecule has 0 atom stereocenters. The minimum atomic E-state index is -4.07. The number of nitrogens with one attached hydrogen (secondary N) is 1. The number of nitrogens with zero attached hydrogens (tertiary/aromatic N) is 2. The topological polar surface area (TPSA) is 113 Å². The lowest BCUT2D eigenvalue weighted by Crippen LogP contribution is -2.25. The van der Waals surface area contributed by atoms with Crippen LogP contribution in [0.2, 0.25) is 0 Å². The average molecular weight is 445 g/mol. The Hall–Kier alpha value is -2.38. The van der Waals surface area contributed by atoms with Gasteiger partial charge >= 0.3 is 0 Å². The summed E-state index contributed by atoms with van der Waals surface area (Å²) in [5.74, 6) is -1.67. The van der Waals surface area contributed by atoms with Gasteiger partial charge in [-0.05, 0) is 42.5 Å². The van der Waals surface area contributed by atoms with E-state index in [-0.39, 0.29) is 16.1 Å². The van der Waals surface area contributed by atoms with Crippen molar-refractivity contribution in [2.45, 2.75) is 9.79 Å². The fourth-order valence-corrected chi connectivity index (χ4v) is 4.16. The molecule has 29 heavy (non-hydrogen) atoms. The van der Waals surface area contributed by atoms with E-state index < -0.39 is 36.7 Å². The molecular formula is C17H20FN3O6S2. The molecule has 2 aromatic rings. The van der Waals surface area contributed by atoms with Gasteiger partial charge in [0.25, 0.3) is 15.9 Å². The Balaban J connectivity index is 2.28. The van der Waals surface area contributed by atoms with Crippen molar-refractivity contribution in [3.8, 4) is 0 Å². The van der Waals surface area contributed by atoms with Crippen LogP contribution in [0.3, 0.4) is 0 Å². The van der Waals surface area contributed by atoms with Crippen molar-refractivity contribution < 1.29 is 30.9 Å². The van der Waals surface area contributed by atoms with Crippen LogP contribution in [0.4, 0.5) is 10.1 Å². The summed E-state index contributed by atoms with van der Waals surface area (Å²) in [6, 6.07) is 8.23. The Morgan fingerprint density at radius 2 is 1.55 bits per heavy atom. The van der Waals surface area contributed by atoms with Crippen molar-refractivity contribution in [1.29, 1.82) is 0 Å². The van der Waals surface area contributed by atoms with E-state index in [1.807, 2.05) is 0 Å². The zero-order valence-electron chi connectivity index (χ0n) is 16.1. The molecule has 0 aliphatic rings. The van der Waals surface area contributed by atoms with Crippen molar-refractivity contribution >= 4 is 31.6 Å². The number of hydrogen-bond donors (Lipinski definition) is 1. The van der Waals surface area contributed by atoms with Gasteiger partial charge in [0, 0.05) is 32.4 Å². The molecule has 0 bridgehead atoms. The summed E-state index contributed by atoms with van der Waals surface area (Å²) >= 11 is 0. The van der Waals surface area contributed by atoms with E-state index in [2.05, 4.69) is 10.2 Å². The van der Waals surface area contributed by atoms with Gasteiger partial charge in [-0.3, -0.25) is 9.63 Å². The number of carbonyl (C=O) groups is 1. The highest BCUT2D eigenvalue weighted by Gasteiger charge is 2.24. The standard InChI is InChI=1S/C17H20FN3O6S2/c1-20(2)29(25,26)16-11-12(5-10-15(16)18)17(22)19-13-6-8-14(9-7-13)28(23,24)21(3)27-4/h5-11H,1-4H3,(H,19,22). The molecule has 0 unspecified atom stereocenters. The van der Waals surface area contributed by atoms with Crippen LogP contribution in [0.5, 0.6) is 0 Å². The van der Waals surface area contributed by atoms with Crippen LogP contribution >= 0.6 is 0 Å². The van der Waals surface area contributed by atoms with E-state index in [1.165, 1.54) is 52.5 Å². The summed E-state index contributed by atoms with van der Waals surface area (Å²) < 4.78 is 64.1. The molecule has 1 N–H and O–H groups in total. The van der Waals surface area contributed by atoms with Crippen LogP contribution in [-0.4, -0.2) is 59.8 Å². The number of sulfonamides is 2. The highest BCUT2D eigenvalue weighted by atomic mass is 32.2. The van der Waals surface area contributed by atoms with Crippen LogP contribution in [0.25, 0.3) is 0 Å². The van der Waals surface area contributed by atoms with E-state index in [9.17, 15) is 26.0 Å². The van der Waals surface area contributed by atoms with Crippen molar-refractivity contribution in [1.82, 2.24) is 8.77 Å². The first-order chi connectivity index (χ1) is 13.4. The number of rotatable bonds is 7. The average Bonchev–Trinajstić information content (AvgIpc) is 2.67. The van der Waals surface area contributed by atoms with Crippen molar-refractivity contribution in [2.24, 2.45) is 0 Å². The third kappa shape index (κ3) is 4.79. The van der Waals surface area contributed by atoms with E-state index in [0.717, 1.165) is 22.5 Å². The second-order valence-electron chi connectivity index (χ2n) is 6.01. The molecule has 0 saturated heterocycles. The second kappa shape index (κ2) is 8.55. The number of benzene rings is 2. The van der Waals surface area contributed by atoms with Gasteiger partial charge in [0.2, 0.25) is 10.0 Å². The summed E-state index contributed by atoms with van der Waals surface area (Å²) in [4.78, 5) is 16.4. The molecule has 0 fully saturated rings. The van der Waals surface area contributed by atoms with E-state index in [4.69, 9.17) is 0 Å². The Morgan fingerprint density at radius 3 is 2.07 bits per heavy atom. The third-order valence-corrected chi connectivity index (χ3v) is 7.48. The highest BCUT2D eigenvalue weighted by molar-refractivity contribution is 7.89. The fourth-order valence-electron chi connectivity index (χ4n) is 2.20. The maximum atomic E-state index is 14.0. The van der Waals surface area contributed by atoms with Gasteiger partial charge < -0.3 is 5.32 Å². The molecule has 158 valence electrons. The monoisotopic (exact) mass is 445 g/mol. The molecule has 2 aromatic carbocycles. The maximum absolute atomic E-state index is 14.0. The van der Waals surface area contributed by atoms with Crippen molar-refractivity contribution in [2.75, 3.05) is 33.6 Å². The summed E-state index contributed by atoms with van der Waals surface area (Å²) in [5.41, 5.74) is 0.179. The first-order valence-corrected chi connectivity index (χ1v) is 11.0. The zero-order chi connectivity index (χ0) is 22.0. The predicted molar refractivity (Wildman–Crippen MR) is 104 cm³/mol. The summed E-state index contributed by atoms with van der Waals surface area (Å²) in [6.07, 6.45) is 0. The van der Waals surface area contributed by atoms with Gasteiger partial charge in [-0.1, -0.05) is 4.47 Å². The van der Waals surface area contributed by atoms with Crippen molar-refractivity contribution in [3.05, 3.63) is 53.8 Å². The second-order valence-corrected chi connectivity index (χ2v) is 10.1. The smallest absolute Gasteiger partial charge is 0.264 e. The molecule has 0 aromatic heterocycles. The number of anilines is 1. The van der Waals surface area contributed by atoms with Crippen molar-refractivity contribution in [3.63, 3.8) is 0 Å². The third-order valence-electron chi connectivity index (χ3n) is 3.96. The highest BCUT2D eigenvalue weighted by Crippen LogP contribution is 2.21. The van der Waals surface area contributed by atoms with Gasteiger partial charge in [0.15, 0.2) is 0 Å². The lowest BCUT2D eigenvalue weighted by atomic mass is 10.2. The minimum absolute atomic E-state index is 0.0546. The lowest BCUT2D eigenvalue weighted by Gasteiger charge is -2.15. The van der Waals surface area contributed by atoms with E-state index >= 15 is 0 Å². The van der Waals surface area contributed by atoms with Crippen LogP contribution in [0, 0.1) is 5.82 Å². The van der Waals surface area contributed by atoms with Gasteiger partial charge in [0.1, 0.15) is 10.7 Å². The van der Waals surface area contributed by atoms with Gasteiger partial charge in [0.05, 0.1) is 12.0 Å². The fraction of sp³-hybridized carbons (Fsp3) is 0.235. The Bertz CT molecular complexity index is 1120. The number of halogens is 1. The maximum Gasteiger partial charge on any atom is 0.264 e. The lowest BCUT2D eigenvalue weighted by molar-refractivity contribution is -0.0258. The largest absolute Gasteiger partial charge is 0.322 e. The number of hydrogen-bond acceptors (Lipinski definition) is 6. The minimum Gasteiger partial charge on any atom is -0.322 e.